The lowest BCUT2D eigenvalue weighted by Gasteiger charge is -2.32. The van der Waals surface area contributed by atoms with Crippen LogP contribution in [0.4, 0.5) is 0 Å². The van der Waals surface area contributed by atoms with E-state index in [4.69, 9.17) is 4.74 Å². The minimum absolute atomic E-state index is 0.0280. The van der Waals surface area contributed by atoms with E-state index in [1.54, 1.807) is 7.05 Å². The molecular weight excluding hydrogens is 312 g/mol. The van der Waals surface area contributed by atoms with Gasteiger partial charge in [0.25, 0.3) is 10.2 Å². The Morgan fingerprint density at radius 2 is 1.91 bits per heavy atom. The highest BCUT2D eigenvalue weighted by Gasteiger charge is 2.29. The molecule has 1 saturated heterocycles. The van der Waals surface area contributed by atoms with Crippen molar-refractivity contribution in [3.63, 3.8) is 0 Å². The Kier molecular flexibility index (Phi) is 7.02. The SMILES string of the molecule is CCC[C@@H](Cc1ccccc1)NS(=O)(=O)N(C)C1CCOCC1. The van der Waals surface area contributed by atoms with E-state index in [9.17, 15) is 8.42 Å². The third kappa shape index (κ3) is 5.57. The van der Waals surface area contributed by atoms with Crippen LogP contribution in [0.1, 0.15) is 38.2 Å². The van der Waals surface area contributed by atoms with Crippen molar-refractivity contribution in [2.24, 2.45) is 0 Å². The van der Waals surface area contributed by atoms with E-state index < -0.39 is 10.2 Å². The van der Waals surface area contributed by atoms with E-state index in [1.165, 1.54) is 4.31 Å². The predicted octanol–water partition coefficient (Wildman–Crippen LogP) is 2.34. The van der Waals surface area contributed by atoms with Gasteiger partial charge in [-0.05, 0) is 31.2 Å². The number of benzene rings is 1. The first-order chi connectivity index (χ1) is 11.0. The van der Waals surface area contributed by atoms with Crippen LogP contribution in [-0.2, 0) is 21.4 Å². The number of rotatable bonds is 8. The van der Waals surface area contributed by atoms with Gasteiger partial charge in [0.2, 0.25) is 0 Å². The van der Waals surface area contributed by atoms with Gasteiger partial charge in [-0.15, -0.1) is 0 Å². The first-order valence-electron chi connectivity index (χ1n) is 8.40. The van der Waals surface area contributed by atoms with Crippen LogP contribution in [-0.4, -0.2) is 45.1 Å². The summed E-state index contributed by atoms with van der Waals surface area (Å²) in [5.74, 6) is 0. The van der Waals surface area contributed by atoms with E-state index in [-0.39, 0.29) is 12.1 Å². The number of hydrogen-bond acceptors (Lipinski definition) is 3. The molecule has 1 fully saturated rings. The molecule has 1 heterocycles. The van der Waals surface area contributed by atoms with Gasteiger partial charge in [-0.2, -0.15) is 17.4 Å². The van der Waals surface area contributed by atoms with Crippen LogP contribution in [0.5, 0.6) is 0 Å². The second kappa shape index (κ2) is 8.78. The summed E-state index contributed by atoms with van der Waals surface area (Å²) in [5, 5.41) is 0. The molecule has 0 amide bonds. The fourth-order valence-corrected chi connectivity index (χ4v) is 4.38. The molecule has 0 saturated carbocycles. The van der Waals surface area contributed by atoms with Crippen molar-refractivity contribution in [1.29, 1.82) is 0 Å². The van der Waals surface area contributed by atoms with Gasteiger partial charge in [0.05, 0.1) is 0 Å². The van der Waals surface area contributed by atoms with Crippen molar-refractivity contribution in [2.75, 3.05) is 20.3 Å². The average Bonchev–Trinajstić information content (AvgIpc) is 2.56. The molecule has 5 nitrogen and oxygen atoms in total. The van der Waals surface area contributed by atoms with Crippen LogP contribution < -0.4 is 4.72 Å². The van der Waals surface area contributed by atoms with Gasteiger partial charge in [0.1, 0.15) is 0 Å². The van der Waals surface area contributed by atoms with Crippen molar-refractivity contribution in [3.8, 4) is 0 Å². The van der Waals surface area contributed by atoms with E-state index in [0.29, 0.717) is 13.2 Å². The Balaban J connectivity index is 2.01. The quantitative estimate of drug-likeness (QED) is 0.790. The molecule has 1 aliphatic heterocycles. The molecule has 130 valence electrons. The van der Waals surface area contributed by atoms with Gasteiger partial charge >= 0.3 is 0 Å². The number of nitrogens with one attached hydrogen (secondary N) is 1. The van der Waals surface area contributed by atoms with Crippen molar-refractivity contribution in [3.05, 3.63) is 35.9 Å². The Morgan fingerprint density at radius 3 is 2.52 bits per heavy atom. The molecule has 0 aliphatic carbocycles. The van der Waals surface area contributed by atoms with Gasteiger partial charge < -0.3 is 4.74 Å². The molecule has 23 heavy (non-hydrogen) atoms. The maximum absolute atomic E-state index is 12.7. The molecule has 2 rings (SSSR count). The first kappa shape index (κ1) is 18.4. The molecule has 0 radical (unpaired) electrons. The van der Waals surface area contributed by atoms with Crippen LogP contribution in [0.25, 0.3) is 0 Å². The molecule has 0 bridgehead atoms. The van der Waals surface area contributed by atoms with Crippen molar-refractivity contribution < 1.29 is 13.2 Å². The molecule has 6 heteroatoms. The Labute approximate surface area is 140 Å². The fourth-order valence-electron chi connectivity index (χ4n) is 2.99. The Bertz CT molecular complexity index is 556. The summed E-state index contributed by atoms with van der Waals surface area (Å²) >= 11 is 0. The molecular formula is C17H28N2O3S. The zero-order valence-electron chi connectivity index (χ0n) is 14.1. The first-order valence-corrected chi connectivity index (χ1v) is 9.84. The number of nitrogens with zero attached hydrogens (tertiary/aromatic N) is 1. The maximum atomic E-state index is 12.7. The molecule has 1 aliphatic rings. The van der Waals surface area contributed by atoms with Crippen molar-refractivity contribution >= 4 is 10.2 Å². The second-order valence-corrected chi connectivity index (χ2v) is 7.92. The molecule has 1 N–H and O–H groups in total. The smallest absolute Gasteiger partial charge is 0.279 e. The highest BCUT2D eigenvalue weighted by atomic mass is 32.2. The normalized spacial score (nSPS) is 18.2. The van der Waals surface area contributed by atoms with Gasteiger partial charge in [0.15, 0.2) is 0 Å². The Hall–Kier alpha value is -0.950. The lowest BCUT2D eigenvalue weighted by Crippen LogP contribution is -2.49. The minimum Gasteiger partial charge on any atom is -0.381 e. The third-order valence-corrected chi connectivity index (χ3v) is 6.05. The van der Waals surface area contributed by atoms with Gasteiger partial charge in [0, 0.05) is 32.3 Å². The minimum atomic E-state index is -3.47. The molecule has 0 aromatic heterocycles. The number of hydrogen-bond donors (Lipinski definition) is 1. The Morgan fingerprint density at radius 1 is 1.26 bits per heavy atom. The van der Waals surface area contributed by atoms with Gasteiger partial charge in [-0.3, -0.25) is 0 Å². The summed E-state index contributed by atoms with van der Waals surface area (Å²) in [5.41, 5.74) is 1.15. The van der Waals surface area contributed by atoms with Crippen LogP contribution in [0, 0.1) is 0 Å². The third-order valence-electron chi connectivity index (χ3n) is 4.36. The summed E-state index contributed by atoms with van der Waals surface area (Å²) in [4.78, 5) is 0. The van der Waals surface area contributed by atoms with Crippen molar-refractivity contribution in [2.45, 2.75) is 51.1 Å². The van der Waals surface area contributed by atoms with Gasteiger partial charge in [-0.25, -0.2) is 0 Å². The summed E-state index contributed by atoms with van der Waals surface area (Å²) in [6.45, 7) is 3.34. The molecule has 0 unspecified atom stereocenters. The molecule has 1 aromatic rings. The largest absolute Gasteiger partial charge is 0.381 e. The average molecular weight is 340 g/mol. The zero-order valence-corrected chi connectivity index (χ0v) is 14.9. The summed E-state index contributed by atoms with van der Waals surface area (Å²) in [7, 11) is -1.80. The predicted molar refractivity (Wildman–Crippen MR) is 92.5 cm³/mol. The summed E-state index contributed by atoms with van der Waals surface area (Å²) < 4.78 is 35.1. The zero-order chi connectivity index (χ0) is 16.7. The van der Waals surface area contributed by atoms with Crippen molar-refractivity contribution in [1.82, 2.24) is 9.03 Å². The summed E-state index contributed by atoms with van der Waals surface area (Å²) in [6, 6.07) is 9.98. The number of ether oxygens (including phenoxy) is 1. The van der Waals surface area contributed by atoms with Crippen LogP contribution >= 0.6 is 0 Å². The van der Waals surface area contributed by atoms with E-state index in [0.717, 1.165) is 37.7 Å². The monoisotopic (exact) mass is 340 g/mol. The lowest BCUT2D eigenvalue weighted by atomic mass is 10.0. The van der Waals surface area contributed by atoms with E-state index in [2.05, 4.69) is 11.6 Å². The standard InChI is InChI=1S/C17H28N2O3S/c1-3-7-16(14-15-8-5-4-6-9-15)18-23(20,21)19(2)17-10-12-22-13-11-17/h4-6,8-9,16-18H,3,7,10-14H2,1-2H3/t16-/m0/s1. The highest BCUT2D eigenvalue weighted by molar-refractivity contribution is 7.87. The fraction of sp³-hybridized carbons (Fsp3) is 0.647. The van der Waals surface area contributed by atoms with E-state index in [1.807, 2.05) is 30.3 Å². The topological polar surface area (TPSA) is 58.6 Å². The van der Waals surface area contributed by atoms with Crippen LogP contribution in [0.2, 0.25) is 0 Å². The maximum Gasteiger partial charge on any atom is 0.279 e. The summed E-state index contributed by atoms with van der Waals surface area (Å²) in [6.07, 6.45) is 4.01. The molecule has 0 spiro atoms. The van der Waals surface area contributed by atoms with Crippen LogP contribution in [0.15, 0.2) is 30.3 Å². The lowest BCUT2D eigenvalue weighted by molar-refractivity contribution is 0.0628. The van der Waals surface area contributed by atoms with Gasteiger partial charge in [-0.1, -0.05) is 43.7 Å². The molecule has 1 atom stereocenters. The molecule has 1 aromatic carbocycles. The second-order valence-electron chi connectivity index (χ2n) is 6.16. The van der Waals surface area contributed by atoms with Crippen LogP contribution in [0.3, 0.4) is 0 Å². The highest BCUT2D eigenvalue weighted by Crippen LogP contribution is 2.17. The van der Waals surface area contributed by atoms with E-state index >= 15 is 0 Å².